The van der Waals surface area contributed by atoms with E-state index in [2.05, 4.69) is 41.3 Å². The fourth-order valence-electron chi connectivity index (χ4n) is 2.85. The summed E-state index contributed by atoms with van der Waals surface area (Å²) >= 11 is 1.60. The largest absolute Gasteiger partial charge is 0.355 e. The molecule has 2 rings (SSSR count). The highest BCUT2D eigenvalue weighted by atomic mass is 32.2. The molecule has 25 heavy (non-hydrogen) atoms. The zero-order valence-electron chi connectivity index (χ0n) is 15.5. The smallest absolute Gasteiger partial charge is 0.237 e. The predicted octanol–water partition coefficient (Wildman–Crippen LogP) is 0.865. The molecule has 0 bridgehead atoms. The van der Waals surface area contributed by atoms with Crippen LogP contribution in [0.5, 0.6) is 0 Å². The molecule has 2 amide bonds. The van der Waals surface area contributed by atoms with Crippen LogP contribution in [0.15, 0.2) is 17.6 Å². The van der Waals surface area contributed by atoms with Crippen molar-refractivity contribution < 1.29 is 9.59 Å². The van der Waals surface area contributed by atoms with Crippen LogP contribution in [0.1, 0.15) is 27.2 Å². The average molecular weight is 368 g/mol. The number of aromatic nitrogens is 2. The van der Waals surface area contributed by atoms with Gasteiger partial charge in [-0.2, -0.15) is 0 Å². The number of hydrogen-bond donors (Lipinski definition) is 2. The summed E-state index contributed by atoms with van der Waals surface area (Å²) in [6.07, 6.45) is 3.85. The summed E-state index contributed by atoms with van der Waals surface area (Å²) in [6.45, 7) is 9.23. The molecule has 8 heteroatoms. The van der Waals surface area contributed by atoms with Gasteiger partial charge < -0.3 is 15.2 Å². The maximum Gasteiger partial charge on any atom is 0.237 e. The Morgan fingerprint density at radius 1 is 1.48 bits per heavy atom. The molecule has 1 fully saturated rings. The summed E-state index contributed by atoms with van der Waals surface area (Å²) in [5.41, 5.74) is 0.0883. The zero-order chi connectivity index (χ0) is 18.4. The Morgan fingerprint density at radius 2 is 2.24 bits per heavy atom. The van der Waals surface area contributed by atoms with Crippen LogP contribution in [0.3, 0.4) is 0 Å². The molecule has 1 aliphatic rings. The lowest BCUT2D eigenvalue weighted by molar-refractivity contribution is -0.134. The number of nitrogens with zero attached hydrogens (tertiary/aromatic N) is 3. The molecule has 1 aliphatic heterocycles. The van der Waals surface area contributed by atoms with Crippen LogP contribution in [-0.4, -0.2) is 64.2 Å². The Bertz CT molecular complexity index is 596. The summed E-state index contributed by atoms with van der Waals surface area (Å²) in [4.78, 5) is 30.8. The van der Waals surface area contributed by atoms with Crippen LogP contribution in [0.25, 0.3) is 0 Å². The van der Waals surface area contributed by atoms with Gasteiger partial charge >= 0.3 is 0 Å². The molecule has 0 saturated carbocycles. The third-order valence-electron chi connectivity index (χ3n) is 3.93. The van der Waals surface area contributed by atoms with E-state index in [4.69, 9.17) is 0 Å². The molecule has 2 N–H and O–H groups in total. The topological polar surface area (TPSA) is 79.3 Å². The van der Waals surface area contributed by atoms with Crippen molar-refractivity contribution in [2.45, 2.75) is 38.4 Å². The number of thioether (sulfide) groups is 1. The van der Waals surface area contributed by atoms with Gasteiger partial charge in [0, 0.05) is 51.4 Å². The Morgan fingerprint density at radius 3 is 2.88 bits per heavy atom. The van der Waals surface area contributed by atoms with E-state index in [0.29, 0.717) is 13.1 Å². The molecule has 1 aromatic heterocycles. The highest BCUT2D eigenvalue weighted by Gasteiger charge is 2.33. The van der Waals surface area contributed by atoms with Crippen LogP contribution in [-0.2, 0) is 16.6 Å². The quantitative estimate of drug-likeness (QED) is 0.552. The van der Waals surface area contributed by atoms with Crippen molar-refractivity contribution in [2.24, 2.45) is 12.5 Å². The number of amides is 2. The number of hydrogen-bond acceptors (Lipinski definition) is 5. The molecule has 7 nitrogen and oxygen atoms in total. The molecule has 0 radical (unpaired) electrons. The van der Waals surface area contributed by atoms with Crippen molar-refractivity contribution in [1.29, 1.82) is 0 Å². The van der Waals surface area contributed by atoms with Gasteiger partial charge in [0.15, 0.2) is 5.16 Å². The third-order valence-corrected chi connectivity index (χ3v) is 4.99. The lowest BCUT2D eigenvalue weighted by Crippen LogP contribution is -2.58. The summed E-state index contributed by atoms with van der Waals surface area (Å²) < 4.78 is 1.95. The highest BCUT2D eigenvalue weighted by Crippen LogP contribution is 2.19. The molecule has 1 aromatic rings. The van der Waals surface area contributed by atoms with Crippen molar-refractivity contribution in [3.05, 3.63) is 12.4 Å². The summed E-state index contributed by atoms with van der Waals surface area (Å²) in [6, 6.07) is -0.379. The number of piperazine rings is 1. The first kappa shape index (κ1) is 19.8. The van der Waals surface area contributed by atoms with E-state index < -0.39 is 0 Å². The molecule has 0 aliphatic carbocycles. The first-order valence-electron chi connectivity index (χ1n) is 8.65. The second-order valence-electron chi connectivity index (χ2n) is 7.56. The fourth-order valence-corrected chi connectivity index (χ4v) is 3.64. The van der Waals surface area contributed by atoms with Crippen molar-refractivity contribution in [3.8, 4) is 0 Å². The summed E-state index contributed by atoms with van der Waals surface area (Å²) in [5.74, 6) is 0.619. The second kappa shape index (κ2) is 8.71. The maximum absolute atomic E-state index is 12.2. The Labute approximate surface area is 153 Å². The molecule has 0 unspecified atom stereocenters. The van der Waals surface area contributed by atoms with Crippen molar-refractivity contribution >= 4 is 23.6 Å². The van der Waals surface area contributed by atoms with Crippen LogP contribution < -0.4 is 10.6 Å². The second-order valence-corrected chi connectivity index (χ2v) is 8.62. The number of carbonyl (C=O) groups is 2. The standard InChI is InChI=1S/C17H29N5O2S/c1-17(2,3)12-22-9-6-19-15(24)13(22)11-14(23)18-7-10-25-16-20-5-8-21(16)4/h5,8,13H,6-7,9-12H2,1-4H3,(H,18,23)(H,19,24)/t13-/m0/s1. The van der Waals surface area contributed by atoms with Crippen molar-refractivity contribution in [2.75, 3.05) is 31.9 Å². The van der Waals surface area contributed by atoms with Crippen LogP contribution >= 0.6 is 11.8 Å². The molecule has 140 valence electrons. The van der Waals surface area contributed by atoms with Crippen LogP contribution in [0.2, 0.25) is 0 Å². The number of rotatable bonds is 7. The van der Waals surface area contributed by atoms with Gasteiger partial charge in [0.25, 0.3) is 0 Å². The molecule has 1 atom stereocenters. The van der Waals surface area contributed by atoms with E-state index in [0.717, 1.165) is 24.0 Å². The van der Waals surface area contributed by atoms with Gasteiger partial charge in [-0.25, -0.2) is 4.98 Å². The fraction of sp³-hybridized carbons (Fsp3) is 0.706. The molecular formula is C17H29N5O2S. The van der Waals surface area contributed by atoms with Gasteiger partial charge in [-0.15, -0.1) is 0 Å². The predicted molar refractivity (Wildman–Crippen MR) is 99.4 cm³/mol. The first-order valence-corrected chi connectivity index (χ1v) is 9.63. The van der Waals surface area contributed by atoms with Gasteiger partial charge in [-0.3, -0.25) is 14.5 Å². The van der Waals surface area contributed by atoms with Crippen LogP contribution in [0, 0.1) is 5.41 Å². The van der Waals surface area contributed by atoms with E-state index >= 15 is 0 Å². The minimum Gasteiger partial charge on any atom is -0.355 e. The SMILES string of the molecule is Cn1ccnc1SCCNC(=O)C[C@H]1C(=O)NCCN1CC(C)(C)C. The molecule has 1 saturated heterocycles. The van der Waals surface area contributed by atoms with Gasteiger partial charge in [0.2, 0.25) is 11.8 Å². The number of imidazole rings is 1. The lowest BCUT2D eigenvalue weighted by Gasteiger charge is -2.38. The summed E-state index contributed by atoms with van der Waals surface area (Å²) in [7, 11) is 1.94. The molecule has 0 aromatic carbocycles. The minimum absolute atomic E-state index is 0.0481. The molecular weight excluding hydrogens is 338 g/mol. The maximum atomic E-state index is 12.2. The normalized spacial score (nSPS) is 18.9. The number of aryl methyl sites for hydroxylation is 1. The van der Waals surface area contributed by atoms with E-state index in [-0.39, 0.29) is 29.7 Å². The Kier molecular flexibility index (Phi) is 6.89. The van der Waals surface area contributed by atoms with Crippen LogP contribution in [0.4, 0.5) is 0 Å². The van der Waals surface area contributed by atoms with E-state index in [1.807, 2.05) is 17.8 Å². The van der Waals surface area contributed by atoms with E-state index in [9.17, 15) is 9.59 Å². The lowest BCUT2D eigenvalue weighted by atomic mass is 9.94. The van der Waals surface area contributed by atoms with E-state index in [1.54, 1.807) is 18.0 Å². The molecule has 0 spiro atoms. The minimum atomic E-state index is -0.379. The number of nitrogens with one attached hydrogen (secondary N) is 2. The van der Waals surface area contributed by atoms with Gasteiger partial charge in [-0.05, 0) is 5.41 Å². The van der Waals surface area contributed by atoms with Gasteiger partial charge in [0.05, 0.1) is 12.5 Å². The highest BCUT2D eigenvalue weighted by molar-refractivity contribution is 7.99. The Hall–Kier alpha value is -1.54. The summed E-state index contributed by atoms with van der Waals surface area (Å²) in [5, 5.41) is 6.71. The van der Waals surface area contributed by atoms with Crippen molar-refractivity contribution in [3.63, 3.8) is 0 Å². The number of carbonyl (C=O) groups excluding carboxylic acids is 2. The monoisotopic (exact) mass is 367 g/mol. The zero-order valence-corrected chi connectivity index (χ0v) is 16.4. The first-order chi connectivity index (χ1) is 11.8. The Balaban J connectivity index is 1.78. The average Bonchev–Trinajstić information content (AvgIpc) is 2.91. The third kappa shape index (κ3) is 6.36. The molecule has 2 heterocycles. The van der Waals surface area contributed by atoms with Gasteiger partial charge in [-0.1, -0.05) is 32.5 Å². The van der Waals surface area contributed by atoms with Gasteiger partial charge in [0.1, 0.15) is 0 Å². The van der Waals surface area contributed by atoms with Crippen molar-refractivity contribution in [1.82, 2.24) is 25.1 Å². The van der Waals surface area contributed by atoms with E-state index in [1.165, 1.54) is 0 Å².